The molecule has 0 unspecified atom stereocenters. The lowest BCUT2D eigenvalue weighted by Gasteiger charge is -2.00. The Balaban J connectivity index is 2.14. The van der Waals surface area contributed by atoms with E-state index in [-0.39, 0.29) is 0 Å². The third-order valence-electron chi connectivity index (χ3n) is 2.83. The molecule has 1 N–H and O–H groups in total. The molecule has 3 rings (SSSR count). The van der Waals surface area contributed by atoms with Crippen molar-refractivity contribution in [1.82, 2.24) is 19.5 Å². The van der Waals surface area contributed by atoms with Crippen molar-refractivity contribution in [3.63, 3.8) is 0 Å². The van der Waals surface area contributed by atoms with Gasteiger partial charge in [0.2, 0.25) is 0 Å². The Morgan fingerprint density at radius 1 is 1.39 bits per heavy atom. The van der Waals surface area contributed by atoms with Gasteiger partial charge in [-0.05, 0) is 37.7 Å². The van der Waals surface area contributed by atoms with Crippen LogP contribution in [0.2, 0.25) is 0 Å². The maximum Gasteiger partial charge on any atom is 0.179 e. The fraction of sp³-hybridized carbons (Fsp3) is 0.250. The molecule has 0 spiro atoms. The van der Waals surface area contributed by atoms with E-state index in [4.69, 9.17) is 12.2 Å². The molecule has 0 aliphatic rings. The summed E-state index contributed by atoms with van der Waals surface area (Å²) in [6, 6.07) is 1.98. The number of rotatable bonds is 2. The fourth-order valence-corrected chi connectivity index (χ4v) is 2.96. The molecule has 3 aromatic heterocycles. The Hall–Kier alpha value is -1.53. The van der Waals surface area contributed by atoms with Gasteiger partial charge in [0, 0.05) is 17.3 Å². The highest BCUT2D eigenvalue weighted by Crippen LogP contribution is 2.18. The zero-order valence-electron chi connectivity index (χ0n) is 10.1. The minimum absolute atomic E-state index is 0.674. The van der Waals surface area contributed by atoms with Gasteiger partial charge in [-0.3, -0.25) is 4.57 Å². The molecule has 0 saturated heterocycles. The summed E-state index contributed by atoms with van der Waals surface area (Å²) in [5.41, 5.74) is 3.06. The Bertz CT molecular complexity index is 766. The number of hydrogen-bond donors (Lipinski definition) is 1. The van der Waals surface area contributed by atoms with E-state index in [1.807, 2.05) is 30.0 Å². The quantitative estimate of drug-likeness (QED) is 0.731. The van der Waals surface area contributed by atoms with Crippen LogP contribution in [0.1, 0.15) is 15.4 Å². The minimum atomic E-state index is 0.674. The van der Waals surface area contributed by atoms with E-state index in [1.54, 1.807) is 11.3 Å². The van der Waals surface area contributed by atoms with Gasteiger partial charge in [-0.1, -0.05) is 0 Å². The number of imidazole rings is 1. The lowest BCUT2D eigenvalue weighted by molar-refractivity contribution is 0.794. The highest BCUT2D eigenvalue weighted by Gasteiger charge is 2.09. The summed E-state index contributed by atoms with van der Waals surface area (Å²) in [7, 11) is 0. The van der Waals surface area contributed by atoms with Gasteiger partial charge in [0.1, 0.15) is 5.01 Å². The summed E-state index contributed by atoms with van der Waals surface area (Å²) in [4.78, 5) is 13.2. The van der Waals surface area contributed by atoms with E-state index in [2.05, 4.69) is 21.9 Å². The summed E-state index contributed by atoms with van der Waals surface area (Å²) < 4.78 is 2.69. The molecule has 0 fully saturated rings. The largest absolute Gasteiger partial charge is 0.329 e. The predicted molar refractivity (Wildman–Crippen MR) is 75.6 cm³/mol. The summed E-state index contributed by atoms with van der Waals surface area (Å²) in [5.74, 6) is 0. The normalized spacial score (nSPS) is 11.2. The number of nitrogens with zero attached hydrogens (tertiary/aromatic N) is 3. The number of H-pyrrole nitrogens is 1. The molecule has 0 saturated carbocycles. The zero-order chi connectivity index (χ0) is 12.7. The van der Waals surface area contributed by atoms with Crippen LogP contribution in [0.5, 0.6) is 0 Å². The van der Waals surface area contributed by atoms with E-state index in [0.29, 0.717) is 11.3 Å². The number of aromatic amines is 1. The van der Waals surface area contributed by atoms with Crippen molar-refractivity contribution in [2.75, 3.05) is 0 Å². The lowest BCUT2D eigenvalue weighted by Crippen LogP contribution is -2.00. The van der Waals surface area contributed by atoms with E-state index < -0.39 is 0 Å². The van der Waals surface area contributed by atoms with Crippen molar-refractivity contribution in [2.45, 2.75) is 20.4 Å². The van der Waals surface area contributed by atoms with Gasteiger partial charge in [-0.2, -0.15) is 0 Å². The number of aromatic nitrogens is 4. The molecule has 3 heterocycles. The van der Waals surface area contributed by atoms with Gasteiger partial charge < -0.3 is 4.98 Å². The third-order valence-corrected chi connectivity index (χ3v) is 4.05. The second-order valence-corrected chi connectivity index (χ2v) is 5.91. The average molecular weight is 276 g/mol. The second kappa shape index (κ2) is 4.29. The van der Waals surface area contributed by atoms with E-state index in [0.717, 1.165) is 21.7 Å². The Kier molecular flexibility index (Phi) is 2.76. The maximum absolute atomic E-state index is 5.36. The monoisotopic (exact) mass is 276 g/mol. The zero-order valence-corrected chi connectivity index (χ0v) is 11.7. The number of fused-ring (bicyclic) bond motifs is 1. The van der Waals surface area contributed by atoms with Crippen molar-refractivity contribution in [3.8, 4) is 0 Å². The van der Waals surface area contributed by atoms with Crippen molar-refractivity contribution >= 4 is 34.7 Å². The first-order valence-corrected chi connectivity index (χ1v) is 6.83. The molecule has 0 atom stereocenters. The van der Waals surface area contributed by atoms with Crippen LogP contribution < -0.4 is 0 Å². The van der Waals surface area contributed by atoms with Crippen LogP contribution in [0.25, 0.3) is 11.2 Å². The van der Waals surface area contributed by atoms with Crippen LogP contribution >= 0.6 is 23.6 Å². The molecule has 0 aliphatic carbocycles. The molecular formula is C12H12N4S2. The molecule has 0 aliphatic heterocycles. The van der Waals surface area contributed by atoms with Gasteiger partial charge in [0.15, 0.2) is 10.4 Å². The van der Waals surface area contributed by atoms with Gasteiger partial charge in [0.25, 0.3) is 0 Å². The SMILES string of the molecule is Cc1cnc(Cn2c(=S)[nH]c3c(C)ccnc32)s1. The molecule has 0 amide bonds. The molecule has 0 radical (unpaired) electrons. The van der Waals surface area contributed by atoms with Crippen molar-refractivity contribution in [2.24, 2.45) is 0 Å². The highest BCUT2D eigenvalue weighted by molar-refractivity contribution is 7.71. The smallest absolute Gasteiger partial charge is 0.179 e. The molecule has 0 bridgehead atoms. The average Bonchev–Trinajstić information content (AvgIpc) is 2.87. The van der Waals surface area contributed by atoms with E-state index >= 15 is 0 Å². The van der Waals surface area contributed by atoms with Crippen LogP contribution in [-0.2, 0) is 6.54 Å². The maximum atomic E-state index is 5.36. The molecule has 4 nitrogen and oxygen atoms in total. The first-order valence-electron chi connectivity index (χ1n) is 5.60. The number of thiazole rings is 1. The summed E-state index contributed by atoms with van der Waals surface area (Å²) >= 11 is 7.05. The highest BCUT2D eigenvalue weighted by atomic mass is 32.1. The molecular weight excluding hydrogens is 264 g/mol. The van der Waals surface area contributed by atoms with Crippen LogP contribution in [0.15, 0.2) is 18.5 Å². The first-order chi connectivity index (χ1) is 8.65. The number of nitrogens with one attached hydrogen (secondary N) is 1. The predicted octanol–water partition coefficient (Wildman–Crippen LogP) is 3.22. The number of aryl methyl sites for hydroxylation is 2. The Morgan fingerprint density at radius 2 is 2.22 bits per heavy atom. The van der Waals surface area contributed by atoms with Crippen molar-refractivity contribution in [3.05, 3.63) is 38.7 Å². The van der Waals surface area contributed by atoms with Crippen molar-refractivity contribution in [1.29, 1.82) is 0 Å². The Morgan fingerprint density at radius 3 is 2.94 bits per heavy atom. The van der Waals surface area contributed by atoms with Gasteiger partial charge in [-0.25, -0.2) is 9.97 Å². The van der Waals surface area contributed by atoms with E-state index in [1.165, 1.54) is 4.88 Å². The lowest BCUT2D eigenvalue weighted by atomic mass is 10.3. The van der Waals surface area contributed by atoms with E-state index in [9.17, 15) is 0 Å². The molecule has 18 heavy (non-hydrogen) atoms. The summed E-state index contributed by atoms with van der Waals surface area (Å²) in [5, 5.41) is 1.05. The minimum Gasteiger partial charge on any atom is -0.329 e. The van der Waals surface area contributed by atoms with Gasteiger partial charge in [0.05, 0.1) is 12.1 Å². The molecule has 92 valence electrons. The van der Waals surface area contributed by atoms with Crippen molar-refractivity contribution < 1.29 is 0 Å². The van der Waals surface area contributed by atoms with Crippen LogP contribution in [0.4, 0.5) is 0 Å². The number of pyridine rings is 1. The molecule has 6 heteroatoms. The summed E-state index contributed by atoms with van der Waals surface area (Å²) in [6.45, 7) is 4.78. The van der Waals surface area contributed by atoms with Crippen LogP contribution in [-0.4, -0.2) is 19.5 Å². The topological polar surface area (TPSA) is 46.5 Å². The second-order valence-electron chi connectivity index (χ2n) is 4.21. The third kappa shape index (κ3) is 1.87. The first kappa shape index (κ1) is 11.6. The summed E-state index contributed by atoms with van der Waals surface area (Å²) in [6.07, 6.45) is 3.70. The molecule has 0 aromatic carbocycles. The number of hydrogen-bond acceptors (Lipinski definition) is 4. The van der Waals surface area contributed by atoms with Crippen LogP contribution in [0.3, 0.4) is 0 Å². The van der Waals surface area contributed by atoms with Gasteiger partial charge >= 0.3 is 0 Å². The molecule has 3 aromatic rings. The fourth-order valence-electron chi connectivity index (χ4n) is 1.93. The van der Waals surface area contributed by atoms with Gasteiger partial charge in [-0.15, -0.1) is 11.3 Å². The van der Waals surface area contributed by atoms with Crippen LogP contribution in [0, 0.1) is 18.6 Å². The Labute approximate surface area is 113 Å². The standard InChI is InChI=1S/C12H12N4S2/c1-7-3-4-13-11-10(7)15-12(17)16(11)6-9-14-5-8(2)18-9/h3-5H,6H2,1-2H3,(H,15,17).